The Balaban J connectivity index is 1.54. The number of rotatable bonds is 8. The maximum atomic E-state index is 13.8. The summed E-state index contributed by atoms with van der Waals surface area (Å²) in [5.74, 6) is 2.12. The van der Waals surface area contributed by atoms with E-state index in [2.05, 4.69) is 12.1 Å². The van der Waals surface area contributed by atoms with Gasteiger partial charge in [-0.1, -0.05) is 36.4 Å². The fraction of sp³-hybridized carbons (Fsp3) is 0.241. The summed E-state index contributed by atoms with van der Waals surface area (Å²) in [5, 5.41) is 4.78. The molecule has 4 aromatic rings. The molecule has 1 aromatic heterocycles. The molecule has 1 amide bonds. The molecule has 0 spiro atoms. The quantitative estimate of drug-likeness (QED) is 0.357. The second kappa shape index (κ2) is 9.77. The first-order chi connectivity index (χ1) is 17.5. The van der Waals surface area contributed by atoms with Gasteiger partial charge < -0.3 is 19.1 Å². The number of aromatic nitrogens is 2. The molecule has 0 aliphatic carbocycles. The summed E-state index contributed by atoms with van der Waals surface area (Å²) in [6.45, 7) is 0.546. The first-order valence-electron chi connectivity index (χ1n) is 11.8. The highest BCUT2D eigenvalue weighted by atomic mass is 16.5. The summed E-state index contributed by atoms with van der Waals surface area (Å²) in [6, 6.07) is 23.6. The number of ether oxygens (including phenoxy) is 3. The van der Waals surface area contributed by atoms with Crippen molar-refractivity contribution in [2.75, 3.05) is 27.9 Å². The molecule has 184 valence electrons. The maximum Gasteiger partial charge on any atom is 0.273 e. The maximum absolute atomic E-state index is 13.8. The molecule has 1 aliphatic heterocycles. The van der Waals surface area contributed by atoms with Crippen LogP contribution in [0.15, 0.2) is 72.8 Å². The molecule has 1 atom stereocenters. The minimum Gasteiger partial charge on any atom is -0.497 e. The molecular weight excluding hydrogens is 454 g/mol. The second-order valence-electron chi connectivity index (χ2n) is 8.71. The summed E-state index contributed by atoms with van der Waals surface area (Å²) in [7, 11) is 6.73. The smallest absolute Gasteiger partial charge is 0.273 e. The van der Waals surface area contributed by atoms with Gasteiger partial charge in [0.1, 0.15) is 11.4 Å². The molecule has 0 saturated carbocycles. The van der Waals surface area contributed by atoms with Crippen molar-refractivity contribution in [3.8, 4) is 28.5 Å². The second-order valence-corrected chi connectivity index (χ2v) is 8.71. The highest BCUT2D eigenvalue weighted by molar-refractivity contribution is 6.00. The molecule has 36 heavy (non-hydrogen) atoms. The lowest BCUT2D eigenvalue weighted by molar-refractivity contribution is 0.0742. The Morgan fingerprint density at radius 3 is 2.25 bits per heavy atom. The third-order valence-corrected chi connectivity index (χ3v) is 6.70. The minimum absolute atomic E-state index is 0.0194. The summed E-state index contributed by atoms with van der Waals surface area (Å²) in [6.07, 6.45) is 0.675. The average Bonchev–Trinajstić information content (AvgIpc) is 3.42. The number of aryl methyl sites for hydroxylation is 1. The van der Waals surface area contributed by atoms with Gasteiger partial charge in [-0.2, -0.15) is 5.10 Å². The van der Waals surface area contributed by atoms with Gasteiger partial charge in [-0.05, 0) is 53.9 Å². The molecule has 1 aliphatic rings. The zero-order chi connectivity index (χ0) is 25.2. The highest BCUT2D eigenvalue weighted by Crippen LogP contribution is 2.43. The van der Waals surface area contributed by atoms with Crippen LogP contribution in [0, 0.1) is 0 Å². The third-order valence-electron chi connectivity index (χ3n) is 6.70. The molecule has 7 nitrogen and oxygen atoms in total. The van der Waals surface area contributed by atoms with E-state index in [0.29, 0.717) is 30.2 Å². The molecule has 2 heterocycles. The van der Waals surface area contributed by atoms with Gasteiger partial charge in [0.15, 0.2) is 11.5 Å². The normalized spacial score (nSPS) is 14.6. The number of fused-ring (bicyclic) bond motifs is 1. The van der Waals surface area contributed by atoms with Crippen molar-refractivity contribution in [3.05, 3.63) is 95.2 Å². The Kier molecular flexibility index (Phi) is 6.38. The van der Waals surface area contributed by atoms with E-state index in [4.69, 9.17) is 19.3 Å². The van der Waals surface area contributed by atoms with Crippen LogP contribution in [0.5, 0.6) is 17.2 Å². The van der Waals surface area contributed by atoms with E-state index in [1.165, 1.54) is 0 Å². The van der Waals surface area contributed by atoms with Gasteiger partial charge in [-0.25, -0.2) is 0 Å². The number of hydrogen-bond donors (Lipinski definition) is 0. The van der Waals surface area contributed by atoms with E-state index in [-0.39, 0.29) is 11.9 Å². The van der Waals surface area contributed by atoms with Crippen molar-refractivity contribution in [2.45, 2.75) is 12.5 Å². The van der Waals surface area contributed by atoms with E-state index in [0.717, 1.165) is 33.7 Å². The standard InChI is InChI=1S/C29H29N3O4/c1-31-28-25(26(30-31)20-11-13-22(34-2)14-12-20)27(21-8-6-5-7-9-21)32(29(28)33)17-16-19-10-15-23(35-3)24(18-19)36-4/h5-15,18,27H,16-17H2,1-4H3/t27-/m0/s1. The largest absolute Gasteiger partial charge is 0.497 e. The molecule has 0 radical (unpaired) electrons. The molecule has 7 heteroatoms. The van der Waals surface area contributed by atoms with E-state index >= 15 is 0 Å². The average molecular weight is 484 g/mol. The van der Waals surface area contributed by atoms with Crippen molar-refractivity contribution >= 4 is 5.91 Å². The summed E-state index contributed by atoms with van der Waals surface area (Å²) in [4.78, 5) is 15.7. The van der Waals surface area contributed by atoms with Crippen LogP contribution in [0.3, 0.4) is 0 Å². The van der Waals surface area contributed by atoms with Gasteiger partial charge in [0.2, 0.25) is 0 Å². The Morgan fingerprint density at radius 1 is 0.861 bits per heavy atom. The topological polar surface area (TPSA) is 65.8 Å². The van der Waals surface area contributed by atoms with E-state index in [9.17, 15) is 4.79 Å². The molecule has 5 rings (SSSR count). The van der Waals surface area contributed by atoms with Crippen molar-refractivity contribution in [1.82, 2.24) is 14.7 Å². The zero-order valence-corrected chi connectivity index (χ0v) is 20.9. The number of amides is 1. The molecule has 0 N–H and O–H groups in total. The van der Waals surface area contributed by atoms with Gasteiger partial charge >= 0.3 is 0 Å². The first kappa shape index (κ1) is 23.5. The molecule has 0 unspecified atom stereocenters. The van der Waals surface area contributed by atoms with Crippen molar-refractivity contribution in [2.24, 2.45) is 7.05 Å². The third kappa shape index (κ3) is 4.06. The lowest BCUT2D eigenvalue weighted by Crippen LogP contribution is -2.32. The van der Waals surface area contributed by atoms with Crippen molar-refractivity contribution < 1.29 is 19.0 Å². The van der Waals surface area contributed by atoms with Gasteiger partial charge in [0.05, 0.1) is 33.1 Å². The zero-order valence-electron chi connectivity index (χ0n) is 20.9. The SMILES string of the molecule is COc1ccc(-c2nn(C)c3c2[C@H](c2ccccc2)N(CCc2ccc(OC)c(OC)c2)C3=O)cc1. The number of carbonyl (C=O) groups excluding carboxylic acids is 1. The summed E-state index contributed by atoms with van der Waals surface area (Å²) >= 11 is 0. The van der Waals surface area contributed by atoms with Crippen LogP contribution in [-0.4, -0.2) is 48.5 Å². The Morgan fingerprint density at radius 2 is 1.58 bits per heavy atom. The lowest BCUT2D eigenvalue weighted by atomic mass is 9.96. The summed E-state index contributed by atoms with van der Waals surface area (Å²) < 4.78 is 17.9. The number of methoxy groups -OCH3 is 3. The predicted molar refractivity (Wildman–Crippen MR) is 138 cm³/mol. The Labute approximate surface area is 210 Å². The van der Waals surface area contributed by atoms with Crippen LogP contribution >= 0.6 is 0 Å². The van der Waals surface area contributed by atoms with Gasteiger partial charge in [-0.15, -0.1) is 0 Å². The van der Waals surface area contributed by atoms with Crippen molar-refractivity contribution in [1.29, 1.82) is 0 Å². The number of carbonyl (C=O) groups is 1. The fourth-order valence-electron chi connectivity index (χ4n) is 4.92. The number of nitrogens with zero attached hydrogens (tertiary/aromatic N) is 3. The van der Waals surface area contributed by atoms with E-state index < -0.39 is 0 Å². The fourth-order valence-corrected chi connectivity index (χ4v) is 4.92. The minimum atomic E-state index is -0.236. The number of hydrogen-bond acceptors (Lipinski definition) is 5. The van der Waals surface area contributed by atoms with Crippen LogP contribution in [0.25, 0.3) is 11.3 Å². The Bertz CT molecular complexity index is 1380. The van der Waals surface area contributed by atoms with Crippen molar-refractivity contribution in [3.63, 3.8) is 0 Å². The van der Waals surface area contributed by atoms with Crippen LogP contribution in [0.4, 0.5) is 0 Å². The van der Waals surface area contributed by atoms with E-state index in [1.54, 1.807) is 26.0 Å². The Hall–Kier alpha value is -4.26. The van der Waals surface area contributed by atoms with Gasteiger partial charge in [0, 0.05) is 24.7 Å². The van der Waals surface area contributed by atoms with Crippen LogP contribution in [0.1, 0.15) is 33.2 Å². The van der Waals surface area contributed by atoms with Gasteiger partial charge in [-0.3, -0.25) is 9.48 Å². The van der Waals surface area contributed by atoms with Crippen LogP contribution in [0.2, 0.25) is 0 Å². The van der Waals surface area contributed by atoms with Gasteiger partial charge in [0.25, 0.3) is 5.91 Å². The molecule has 3 aromatic carbocycles. The predicted octanol–water partition coefficient (Wildman–Crippen LogP) is 4.90. The number of benzene rings is 3. The van der Waals surface area contributed by atoms with Crippen LogP contribution < -0.4 is 14.2 Å². The van der Waals surface area contributed by atoms with Crippen LogP contribution in [-0.2, 0) is 13.5 Å². The highest BCUT2D eigenvalue weighted by Gasteiger charge is 2.43. The molecule has 0 bridgehead atoms. The molecule has 0 saturated heterocycles. The summed E-state index contributed by atoms with van der Waals surface area (Å²) in [5.41, 5.74) is 5.44. The molecule has 0 fully saturated rings. The molecular formula is C29H29N3O4. The monoisotopic (exact) mass is 483 g/mol. The first-order valence-corrected chi connectivity index (χ1v) is 11.8. The lowest BCUT2D eigenvalue weighted by Gasteiger charge is -2.26. The van der Waals surface area contributed by atoms with E-state index in [1.807, 2.05) is 72.6 Å².